The molecule has 1 saturated carbocycles. The van der Waals surface area contributed by atoms with Crippen molar-refractivity contribution < 1.29 is 5.11 Å². The molecule has 1 aliphatic carbocycles. The van der Waals surface area contributed by atoms with Crippen LogP contribution in [-0.4, -0.2) is 31.2 Å². The molecule has 0 aromatic carbocycles. The lowest BCUT2D eigenvalue weighted by Gasteiger charge is -2.12. The molecule has 1 fully saturated rings. The smallest absolute Gasteiger partial charge is 0.226 e. The van der Waals surface area contributed by atoms with Crippen molar-refractivity contribution in [2.24, 2.45) is 5.92 Å². The van der Waals surface area contributed by atoms with E-state index in [0.29, 0.717) is 28.9 Å². The maximum absolute atomic E-state index is 9.19. The minimum Gasteiger partial charge on any atom is -0.396 e. The van der Waals surface area contributed by atoms with Crippen LogP contribution in [0.2, 0.25) is 5.28 Å². The number of aliphatic hydroxyl groups excluding tert-OH is 1. The van der Waals surface area contributed by atoms with Crippen molar-refractivity contribution in [2.75, 3.05) is 12.3 Å². The number of nitrogen functional groups attached to an aromatic ring is 1. The Kier molecular flexibility index (Phi) is 2.83. The van der Waals surface area contributed by atoms with Crippen molar-refractivity contribution in [3.05, 3.63) is 11.6 Å². The molecule has 7 heteroatoms. The Balaban J connectivity index is 2.03. The van der Waals surface area contributed by atoms with E-state index in [1.807, 2.05) is 4.57 Å². The largest absolute Gasteiger partial charge is 0.396 e. The normalized spacial score (nSPS) is 23.9. The number of aromatic nitrogens is 4. The maximum Gasteiger partial charge on any atom is 0.226 e. The van der Waals surface area contributed by atoms with E-state index in [-0.39, 0.29) is 11.9 Å². The number of hydrogen-bond acceptors (Lipinski definition) is 5. The van der Waals surface area contributed by atoms with Crippen molar-refractivity contribution in [1.29, 1.82) is 0 Å². The quantitative estimate of drug-likeness (QED) is 0.803. The van der Waals surface area contributed by atoms with E-state index >= 15 is 0 Å². The number of rotatable bonds is 2. The number of hydrogen-bond donors (Lipinski definition) is 2. The molecule has 1 aliphatic rings. The topological polar surface area (TPSA) is 89.9 Å². The van der Waals surface area contributed by atoms with Crippen LogP contribution in [0.5, 0.6) is 0 Å². The number of nitrogens with two attached hydrogens (primary N) is 1. The fourth-order valence-electron chi connectivity index (χ4n) is 2.64. The van der Waals surface area contributed by atoms with Gasteiger partial charge in [0, 0.05) is 12.6 Å². The van der Waals surface area contributed by atoms with E-state index in [4.69, 9.17) is 17.3 Å². The van der Waals surface area contributed by atoms with Crippen LogP contribution in [-0.2, 0) is 0 Å². The van der Waals surface area contributed by atoms with Gasteiger partial charge in [0.25, 0.3) is 0 Å². The Labute approximate surface area is 109 Å². The van der Waals surface area contributed by atoms with E-state index in [1.165, 1.54) is 0 Å². The highest BCUT2D eigenvalue weighted by molar-refractivity contribution is 6.28. The van der Waals surface area contributed by atoms with Gasteiger partial charge in [-0.25, -0.2) is 4.98 Å². The molecule has 18 heavy (non-hydrogen) atoms. The van der Waals surface area contributed by atoms with Crippen LogP contribution in [0.15, 0.2) is 6.33 Å². The Bertz CT molecular complexity index is 584. The lowest BCUT2D eigenvalue weighted by Crippen LogP contribution is -2.07. The number of fused-ring (bicyclic) bond motifs is 1. The second-order valence-electron chi connectivity index (χ2n) is 4.72. The van der Waals surface area contributed by atoms with Gasteiger partial charge in [0.1, 0.15) is 5.52 Å². The molecule has 0 amide bonds. The Morgan fingerprint density at radius 1 is 1.44 bits per heavy atom. The molecular weight excluding hydrogens is 254 g/mol. The molecule has 0 spiro atoms. The molecule has 2 unspecified atom stereocenters. The average Bonchev–Trinajstić information content (AvgIpc) is 2.93. The van der Waals surface area contributed by atoms with E-state index in [2.05, 4.69) is 15.0 Å². The fraction of sp³-hybridized carbons (Fsp3) is 0.545. The van der Waals surface area contributed by atoms with Gasteiger partial charge in [-0.05, 0) is 36.8 Å². The molecule has 0 bridgehead atoms. The summed E-state index contributed by atoms with van der Waals surface area (Å²) in [5, 5.41) is 9.33. The summed E-state index contributed by atoms with van der Waals surface area (Å²) in [6.07, 6.45) is 4.70. The monoisotopic (exact) mass is 267 g/mol. The Morgan fingerprint density at radius 3 is 3.00 bits per heavy atom. The van der Waals surface area contributed by atoms with Crippen molar-refractivity contribution in [1.82, 2.24) is 19.5 Å². The van der Waals surface area contributed by atoms with Crippen molar-refractivity contribution in [3.63, 3.8) is 0 Å². The van der Waals surface area contributed by atoms with Gasteiger partial charge in [-0.2, -0.15) is 9.97 Å². The maximum atomic E-state index is 9.19. The van der Waals surface area contributed by atoms with Crippen molar-refractivity contribution in [2.45, 2.75) is 25.3 Å². The number of halogens is 1. The standard InChI is InChI=1S/C11H14ClN5O/c12-11-15-9(13)8-10(16-11)17(5-14-8)7-2-1-6(3-7)4-18/h5-7,18H,1-4H2,(H2,13,15,16). The summed E-state index contributed by atoms with van der Waals surface area (Å²) in [6, 6.07) is 0.303. The molecule has 2 atom stereocenters. The Morgan fingerprint density at radius 2 is 2.28 bits per heavy atom. The summed E-state index contributed by atoms with van der Waals surface area (Å²) < 4.78 is 1.99. The second-order valence-corrected chi connectivity index (χ2v) is 5.06. The molecule has 0 radical (unpaired) electrons. The summed E-state index contributed by atoms with van der Waals surface area (Å²) in [6.45, 7) is 0.237. The molecular formula is C11H14ClN5O. The lowest BCUT2D eigenvalue weighted by molar-refractivity contribution is 0.226. The molecule has 2 heterocycles. The predicted octanol–water partition coefficient (Wildman–Crippen LogP) is 1.40. The molecule has 2 aromatic rings. The van der Waals surface area contributed by atoms with Gasteiger partial charge in [0.2, 0.25) is 5.28 Å². The van der Waals surface area contributed by atoms with E-state index in [1.54, 1.807) is 6.33 Å². The third kappa shape index (κ3) is 1.81. The van der Waals surface area contributed by atoms with Gasteiger partial charge in [0.15, 0.2) is 11.5 Å². The SMILES string of the molecule is Nc1nc(Cl)nc2c1ncn2C1CCC(CO)C1. The first-order valence-corrected chi connectivity index (χ1v) is 6.33. The number of imidazole rings is 1. The zero-order valence-corrected chi connectivity index (χ0v) is 10.5. The highest BCUT2D eigenvalue weighted by Gasteiger charge is 2.27. The first kappa shape index (κ1) is 11.7. The van der Waals surface area contributed by atoms with E-state index in [9.17, 15) is 5.11 Å². The zero-order chi connectivity index (χ0) is 12.7. The average molecular weight is 268 g/mol. The fourth-order valence-corrected chi connectivity index (χ4v) is 2.82. The summed E-state index contributed by atoms with van der Waals surface area (Å²) in [5.41, 5.74) is 7.04. The number of nitrogens with zero attached hydrogens (tertiary/aromatic N) is 4. The Hall–Kier alpha value is -1.40. The molecule has 3 rings (SSSR count). The summed E-state index contributed by atoms with van der Waals surface area (Å²) >= 11 is 5.83. The second kappa shape index (κ2) is 4.37. The van der Waals surface area contributed by atoms with Crippen molar-refractivity contribution in [3.8, 4) is 0 Å². The first-order chi connectivity index (χ1) is 8.69. The van der Waals surface area contributed by atoms with Crippen LogP contribution in [0.3, 0.4) is 0 Å². The van der Waals surface area contributed by atoms with Crippen LogP contribution in [0.1, 0.15) is 25.3 Å². The van der Waals surface area contributed by atoms with Crippen LogP contribution < -0.4 is 5.73 Å². The molecule has 6 nitrogen and oxygen atoms in total. The van der Waals surface area contributed by atoms with Crippen LogP contribution in [0.25, 0.3) is 11.2 Å². The van der Waals surface area contributed by atoms with Gasteiger partial charge in [-0.3, -0.25) is 0 Å². The molecule has 0 aliphatic heterocycles. The third-order valence-electron chi connectivity index (χ3n) is 3.59. The van der Waals surface area contributed by atoms with Crippen LogP contribution in [0.4, 0.5) is 5.82 Å². The number of anilines is 1. The molecule has 2 aromatic heterocycles. The molecule has 96 valence electrons. The minimum atomic E-state index is 0.137. The summed E-state index contributed by atoms with van der Waals surface area (Å²) in [4.78, 5) is 12.3. The van der Waals surface area contributed by atoms with E-state index in [0.717, 1.165) is 19.3 Å². The van der Waals surface area contributed by atoms with Gasteiger partial charge in [-0.1, -0.05) is 0 Å². The van der Waals surface area contributed by atoms with Crippen LogP contribution >= 0.6 is 11.6 Å². The van der Waals surface area contributed by atoms with Gasteiger partial charge < -0.3 is 15.4 Å². The molecule has 3 N–H and O–H groups in total. The summed E-state index contributed by atoms with van der Waals surface area (Å²) in [7, 11) is 0. The lowest BCUT2D eigenvalue weighted by atomic mass is 10.1. The van der Waals surface area contributed by atoms with Gasteiger partial charge in [0.05, 0.1) is 6.33 Å². The number of aliphatic hydroxyl groups is 1. The third-order valence-corrected chi connectivity index (χ3v) is 3.76. The molecule has 0 saturated heterocycles. The highest BCUT2D eigenvalue weighted by atomic mass is 35.5. The van der Waals surface area contributed by atoms with Gasteiger partial charge >= 0.3 is 0 Å². The van der Waals surface area contributed by atoms with Gasteiger partial charge in [-0.15, -0.1) is 0 Å². The predicted molar refractivity (Wildman–Crippen MR) is 68.2 cm³/mol. The zero-order valence-electron chi connectivity index (χ0n) is 9.75. The first-order valence-electron chi connectivity index (χ1n) is 5.95. The van der Waals surface area contributed by atoms with Crippen molar-refractivity contribution >= 4 is 28.6 Å². The summed E-state index contributed by atoms with van der Waals surface area (Å²) in [5.74, 6) is 0.669. The highest BCUT2D eigenvalue weighted by Crippen LogP contribution is 2.36. The van der Waals surface area contributed by atoms with E-state index < -0.39 is 0 Å². The minimum absolute atomic E-state index is 0.137. The van der Waals surface area contributed by atoms with Crippen LogP contribution in [0, 0.1) is 5.92 Å².